The number of aliphatic imine (C=N–C) groups is 1. The standard InChI is InChI=1S/C22H35N5O4.HI/c1-5-10-23-19(28)9-11-24-21(25-15-20(29)27-22(2,3)4)26-16-7-8-17-18(14-16)31-13-6-12-30-17;/h7-8,14H,5-6,9-13,15H2,1-4H3,(H,23,28)(H,27,29)(H2,24,25,26);1H. The molecule has 10 heteroatoms. The first kappa shape index (κ1) is 27.8. The number of halogens is 1. The van der Waals surface area contributed by atoms with Crippen LogP contribution in [-0.4, -0.2) is 56.2 Å². The second kappa shape index (κ2) is 14.0. The van der Waals surface area contributed by atoms with E-state index in [2.05, 4.69) is 26.3 Å². The normalized spacial score (nSPS) is 13.3. The van der Waals surface area contributed by atoms with Crippen LogP contribution in [0, 0.1) is 0 Å². The maximum atomic E-state index is 12.2. The number of anilines is 1. The number of carbonyl (C=O) groups is 2. The molecule has 0 radical (unpaired) electrons. The van der Waals surface area contributed by atoms with Gasteiger partial charge in [-0.05, 0) is 39.3 Å². The minimum Gasteiger partial charge on any atom is -0.490 e. The van der Waals surface area contributed by atoms with Gasteiger partial charge in [-0.2, -0.15) is 0 Å². The predicted molar refractivity (Wildman–Crippen MR) is 137 cm³/mol. The highest BCUT2D eigenvalue weighted by atomic mass is 127. The quantitative estimate of drug-likeness (QED) is 0.221. The molecule has 0 fully saturated rings. The van der Waals surface area contributed by atoms with E-state index in [1.165, 1.54) is 0 Å². The van der Waals surface area contributed by atoms with E-state index < -0.39 is 0 Å². The monoisotopic (exact) mass is 561 g/mol. The Kier molecular flexibility index (Phi) is 12.2. The van der Waals surface area contributed by atoms with Crippen LogP contribution in [0.1, 0.15) is 47.0 Å². The first-order valence-electron chi connectivity index (χ1n) is 10.8. The van der Waals surface area contributed by atoms with Crippen molar-refractivity contribution in [2.75, 3.05) is 38.2 Å². The maximum Gasteiger partial charge on any atom is 0.242 e. The van der Waals surface area contributed by atoms with Gasteiger partial charge < -0.3 is 30.7 Å². The molecule has 1 aromatic rings. The third-order valence-electron chi connectivity index (χ3n) is 4.12. The first-order chi connectivity index (χ1) is 14.8. The molecule has 0 aliphatic carbocycles. The number of guanidine groups is 1. The Bertz CT molecular complexity index is 780. The van der Waals surface area contributed by atoms with Gasteiger partial charge in [-0.15, -0.1) is 24.0 Å². The van der Waals surface area contributed by atoms with Crippen LogP contribution in [0.4, 0.5) is 5.69 Å². The highest BCUT2D eigenvalue weighted by Crippen LogP contribution is 2.32. The fraction of sp³-hybridized carbons (Fsp3) is 0.591. The van der Waals surface area contributed by atoms with Gasteiger partial charge in [-0.1, -0.05) is 6.92 Å². The maximum absolute atomic E-state index is 12.2. The fourth-order valence-electron chi connectivity index (χ4n) is 2.77. The van der Waals surface area contributed by atoms with Gasteiger partial charge in [0, 0.05) is 43.2 Å². The van der Waals surface area contributed by atoms with E-state index in [1.54, 1.807) is 0 Å². The number of amides is 2. The van der Waals surface area contributed by atoms with Gasteiger partial charge in [0.25, 0.3) is 0 Å². The molecule has 0 atom stereocenters. The van der Waals surface area contributed by atoms with Crippen LogP contribution in [0.3, 0.4) is 0 Å². The number of nitrogens with one attached hydrogen (secondary N) is 4. The topological polar surface area (TPSA) is 113 Å². The van der Waals surface area contributed by atoms with Crippen LogP contribution < -0.4 is 30.7 Å². The smallest absolute Gasteiger partial charge is 0.242 e. The third kappa shape index (κ3) is 10.9. The van der Waals surface area contributed by atoms with E-state index in [0.717, 1.165) is 18.5 Å². The Morgan fingerprint density at radius 1 is 1.03 bits per heavy atom. The van der Waals surface area contributed by atoms with Crippen molar-refractivity contribution in [3.63, 3.8) is 0 Å². The van der Waals surface area contributed by atoms with Crippen molar-refractivity contribution in [2.45, 2.75) is 52.5 Å². The van der Waals surface area contributed by atoms with Crippen molar-refractivity contribution in [3.8, 4) is 11.5 Å². The van der Waals surface area contributed by atoms with E-state index in [-0.39, 0.29) is 47.9 Å². The molecule has 0 saturated heterocycles. The summed E-state index contributed by atoms with van der Waals surface area (Å²) in [6.07, 6.45) is 2.02. The summed E-state index contributed by atoms with van der Waals surface area (Å²) in [5, 5.41) is 12.0. The van der Waals surface area contributed by atoms with E-state index in [4.69, 9.17) is 9.47 Å². The number of ether oxygens (including phenoxy) is 2. The molecule has 9 nitrogen and oxygen atoms in total. The molecule has 0 spiro atoms. The molecule has 4 N–H and O–H groups in total. The largest absolute Gasteiger partial charge is 0.490 e. The molecule has 0 bridgehead atoms. The predicted octanol–water partition coefficient (Wildman–Crippen LogP) is 2.65. The summed E-state index contributed by atoms with van der Waals surface area (Å²) in [5.74, 6) is 1.54. The van der Waals surface area contributed by atoms with Crippen LogP contribution in [0.5, 0.6) is 11.5 Å². The van der Waals surface area contributed by atoms with Crippen molar-refractivity contribution >= 4 is 47.4 Å². The molecule has 0 aromatic heterocycles. The summed E-state index contributed by atoms with van der Waals surface area (Å²) in [6, 6.07) is 5.53. The summed E-state index contributed by atoms with van der Waals surface area (Å²) in [6.45, 7) is 9.96. The molecular weight excluding hydrogens is 525 g/mol. The second-order valence-corrected chi connectivity index (χ2v) is 8.33. The van der Waals surface area contributed by atoms with Crippen molar-refractivity contribution in [1.29, 1.82) is 0 Å². The van der Waals surface area contributed by atoms with Crippen LogP contribution in [0.2, 0.25) is 0 Å². The van der Waals surface area contributed by atoms with E-state index in [9.17, 15) is 9.59 Å². The van der Waals surface area contributed by atoms with Crippen molar-refractivity contribution < 1.29 is 19.1 Å². The molecule has 32 heavy (non-hydrogen) atoms. The van der Waals surface area contributed by atoms with Crippen LogP contribution in [0.15, 0.2) is 23.2 Å². The van der Waals surface area contributed by atoms with Gasteiger partial charge >= 0.3 is 0 Å². The lowest BCUT2D eigenvalue weighted by Gasteiger charge is -2.20. The Balaban J connectivity index is 0.00000512. The van der Waals surface area contributed by atoms with Crippen LogP contribution in [-0.2, 0) is 9.59 Å². The van der Waals surface area contributed by atoms with Crippen molar-refractivity contribution in [1.82, 2.24) is 16.0 Å². The average molecular weight is 561 g/mol. The van der Waals surface area contributed by atoms with E-state index in [1.807, 2.05) is 45.9 Å². The lowest BCUT2D eigenvalue weighted by Crippen LogP contribution is -2.42. The van der Waals surface area contributed by atoms with Gasteiger partial charge in [0.05, 0.1) is 13.2 Å². The number of hydrogen-bond acceptors (Lipinski definition) is 5. The molecule has 2 amide bonds. The summed E-state index contributed by atoms with van der Waals surface area (Å²) in [7, 11) is 0. The zero-order valence-corrected chi connectivity index (χ0v) is 21.7. The SMILES string of the molecule is CCCNC(=O)CCNC(=NCC(=O)NC(C)(C)C)Nc1ccc2c(c1)OCCCO2.I. The summed E-state index contributed by atoms with van der Waals surface area (Å²) >= 11 is 0. The molecule has 1 aliphatic rings. The zero-order chi connectivity index (χ0) is 22.7. The summed E-state index contributed by atoms with van der Waals surface area (Å²) in [4.78, 5) is 28.4. The van der Waals surface area contributed by atoms with Gasteiger partial charge in [-0.3, -0.25) is 9.59 Å². The lowest BCUT2D eigenvalue weighted by atomic mass is 10.1. The second-order valence-electron chi connectivity index (χ2n) is 8.33. The molecule has 180 valence electrons. The highest BCUT2D eigenvalue weighted by molar-refractivity contribution is 14.0. The van der Waals surface area contributed by atoms with Gasteiger partial charge in [0.1, 0.15) is 6.54 Å². The van der Waals surface area contributed by atoms with E-state index >= 15 is 0 Å². The molecule has 1 aliphatic heterocycles. The van der Waals surface area contributed by atoms with Crippen LogP contribution >= 0.6 is 24.0 Å². The zero-order valence-electron chi connectivity index (χ0n) is 19.4. The molecule has 2 rings (SSSR count). The number of carbonyl (C=O) groups excluding carboxylic acids is 2. The number of rotatable bonds is 8. The summed E-state index contributed by atoms with van der Waals surface area (Å²) in [5.41, 5.74) is 0.404. The molecule has 0 unspecified atom stereocenters. The highest BCUT2D eigenvalue weighted by Gasteiger charge is 2.14. The average Bonchev–Trinajstić information content (AvgIpc) is 2.94. The van der Waals surface area contributed by atoms with Crippen molar-refractivity contribution in [2.24, 2.45) is 4.99 Å². The van der Waals surface area contributed by atoms with Crippen molar-refractivity contribution in [3.05, 3.63) is 18.2 Å². The lowest BCUT2D eigenvalue weighted by molar-refractivity contribution is -0.121. The van der Waals surface area contributed by atoms with Gasteiger partial charge in [-0.25, -0.2) is 4.99 Å². The molecule has 0 saturated carbocycles. The van der Waals surface area contributed by atoms with Crippen LogP contribution in [0.25, 0.3) is 0 Å². The first-order valence-corrected chi connectivity index (χ1v) is 10.8. The van der Waals surface area contributed by atoms with E-state index in [0.29, 0.717) is 50.2 Å². The molecular formula is C22H36IN5O4. The Morgan fingerprint density at radius 3 is 2.44 bits per heavy atom. The Labute approximate surface area is 207 Å². The minimum atomic E-state index is -0.334. The molecule has 1 aromatic carbocycles. The number of hydrogen-bond donors (Lipinski definition) is 4. The summed E-state index contributed by atoms with van der Waals surface area (Å²) < 4.78 is 11.4. The molecule has 1 heterocycles. The Morgan fingerprint density at radius 2 is 1.75 bits per heavy atom. The third-order valence-corrected chi connectivity index (χ3v) is 4.12. The minimum absolute atomic E-state index is 0. The van der Waals surface area contributed by atoms with Gasteiger partial charge in [0.15, 0.2) is 17.5 Å². The number of benzene rings is 1. The fourth-order valence-corrected chi connectivity index (χ4v) is 2.77. The number of fused-ring (bicyclic) bond motifs is 1. The van der Waals surface area contributed by atoms with Gasteiger partial charge in [0.2, 0.25) is 11.8 Å². The Hall–Kier alpha value is -2.24. The number of nitrogens with zero attached hydrogens (tertiary/aromatic N) is 1.